The number of amides is 2. The third-order valence-electron chi connectivity index (χ3n) is 6.87. The molecule has 0 aromatic heterocycles. The first kappa shape index (κ1) is 22.7. The number of nitrogens with one attached hydrogen (secondary N) is 1. The van der Waals surface area contributed by atoms with Gasteiger partial charge >= 0.3 is 5.97 Å². The molecule has 0 spiro atoms. The second-order valence-corrected chi connectivity index (χ2v) is 8.93. The lowest BCUT2D eigenvalue weighted by Crippen LogP contribution is -2.60. The number of hydrogen-bond acceptors (Lipinski definition) is 5. The van der Waals surface area contributed by atoms with Crippen molar-refractivity contribution in [2.45, 2.75) is 32.4 Å². The quantitative estimate of drug-likeness (QED) is 0.659. The molecule has 2 aromatic rings. The van der Waals surface area contributed by atoms with E-state index < -0.39 is 41.2 Å². The number of anilines is 1. The van der Waals surface area contributed by atoms with Crippen LogP contribution in [0.2, 0.25) is 0 Å². The lowest BCUT2D eigenvalue weighted by Gasteiger charge is -2.34. The zero-order valence-corrected chi connectivity index (χ0v) is 19.1. The number of carboxylic acids is 1. The number of imide groups is 1. The van der Waals surface area contributed by atoms with Gasteiger partial charge in [0.15, 0.2) is 0 Å². The number of benzene rings is 2. The molecule has 4 unspecified atom stereocenters. The summed E-state index contributed by atoms with van der Waals surface area (Å²) in [6, 6.07) is 13.9. The second-order valence-electron chi connectivity index (χ2n) is 8.93. The van der Waals surface area contributed by atoms with E-state index in [1.165, 1.54) is 4.90 Å². The molecule has 7 heteroatoms. The highest BCUT2D eigenvalue weighted by atomic mass is 16.5. The van der Waals surface area contributed by atoms with E-state index in [0.717, 1.165) is 16.9 Å². The van der Waals surface area contributed by atoms with Gasteiger partial charge in [0.05, 0.1) is 24.6 Å². The van der Waals surface area contributed by atoms with Crippen LogP contribution in [0.3, 0.4) is 0 Å². The fourth-order valence-electron chi connectivity index (χ4n) is 5.10. The van der Waals surface area contributed by atoms with Gasteiger partial charge < -0.3 is 9.84 Å². The van der Waals surface area contributed by atoms with Gasteiger partial charge in [0.25, 0.3) is 0 Å². The van der Waals surface area contributed by atoms with E-state index in [4.69, 9.17) is 4.74 Å². The molecule has 2 aliphatic rings. The van der Waals surface area contributed by atoms with Gasteiger partial charge in [-0.3, -0.25) is 19.7 Å². The maximum Gasteiger partial charge on any atom is 0.325 e. The van der Waals surface area contributed by atoms with Crippen molar-refractivity contribution in [2.24, 2.45) is 17.8 Å². The standard InChI is InChI=1S/C26H28N2O5/c1-15(2)26(25(31)32)22-21(19(27-26)14-11-17-9-12-18(33-4)13-10-17)23(29)28(24(22)30)20-8-6-5-7-16(20)3/h5-15,19,21-22,27H,1-4H3,(H,31,32)/b14-11-. The molecule has 2 aliphatic heterocycles. The van der Waals surface area contributed by atoms with Crippen LogP contribution in [0.4, 0.5) is 5.69 Å². The lowest BCUT2D eigenvalue weighted by atomic mass is 9.73. The number of carbonyl (C=O) groups is 3. The number of carbonyl (C=O) groups excluding carboxylic acids is 2. The first-order chi connectivity index (χ1) is 15.7. The second kappa shape index (κ2) is 8.48. The van der Waals surface area contributed by atoms with Crippen LogP contribution >= 0.6 is 0 Å². The van der Waals surface area contributed by atoms with Crippen LogP contribution in [0.5, 0.6) is 5.75 Å². The molecule has 2 N–H and O–H groups in total. The molecule has 0 bridgehead atoms. The van der Waals surface area contributed by atoms with Gasteiger partial charge in [-0.05, 0) is 42.2 Å². The molecule has 7 nitrogen and oxygen atoms in total. The molecule has 2 amide bonds. The van der Waals surface area contributed by atoms with Crippen molar-refractivity contribution in [1.82, 2.24) is 5.32 Å². The smallest absolute Gasteiger partial charge is 0.325 e. The maximum atomic E-state index is 13.6. The van der Waals surface area contributed by atoms with Crippen molar-refractivity contribution in [2.75, 3.05) is 12.0 Å². The molecule has 0 saturated carbocycles. The molecule has 172 valence electrons. The number of hydrogen-bond donors (Lipinski definition) is 2. The van der Waals surface area contributed by atoms with E-state index in [1.807, 2.05) is 49.4 Å². The Hall–Kier alpha value is -3.45. The molecular formula is C26H28N2O5. The number of rotatable bonds is 6. The van der Waals surface area contributed by atoms with Crippen LogP contribution in [0.15, 0.2) is 54.6 Å². The Morgan fingerprint density at radius 1 is 1.12 bits per heavy atom. The van der Waals surface area contributed by atoms with Gasteiger partial charge in [-0.1, -0.05) is 56.3 Å². The highest BCUT2D eigenvalue weighted by Gasteiger charge is 2.69. The molecule has 4 atom stereocenters. The molecule has 2 aromatic carbocycles. The van der Waals surface area contributed by atoms with Crippen LogP contribution < -0.4 is 15.0 Å². The first-order valence-corrected chi connectivity index (χ1v) is 11.0. The monoisotopic (exact) mass is 448 g/mol. The van der Waals surface area contributed by atoms with E-state index in [2.05, 4.69) is 5.32 Å². The average molecular weight is 449 g/mol. The van der Waals surface area contributed by atoms with Gasteiger partial charge in [-0.15, -0.1) is 0 Å². The topological polar surface area (TPSA) is 95.9 Å². The van der Waals surface area contributed by atoms with Crippen LogP contribution in [-0.4, -0.2) is 41.6 Å². The molecule has 2 saturated heterocycles. The Morgan fingerprint density at radius 3 is 2.36 bits per heavy atom. The average Bonchev–Trinajstić information content (AvgIpc) is 3.28. The summed E-state index contributed by atoms with van der Waals surface area (Å²) < 4.78 is 5.18. The molecule has 0 radical (unpaired) electrons. The number of carboxylic acid groups (broad SMARTS) is 1. The van der Waals surface area contributed by atoms with Crippen molar-refractivity contribution < 1.29 is 24.2 Å². The van der Waals surface area contributed by atoms with Crippen LogP contribution in [0.1, 0.15) is 25.0 Å². The van der Waals surface area contributed by atoms with Gasteiger partial charge in [0.2, 0.25) is 11.8 Å². The number of nitrogens with zero attached hydrogens (tertiary/aromatic N) is 1. The highest BCUT2D eigenvalue weighted by molar-refractivity contribution is 6.24. The summed E-state index contributed by atoms with van der Waals surface area (Å²) in [6.07, 6.45) is 3.62. The largest absolute Gasteiger partial charge is 0.497 e. The molecular weight excluding hydrogens is 420 g/mol. The SMILES string of the molecule is COc1ccc(/C=C\C2NC(C(=O)O)(C(C)C)C3C(=O)N(c4ccccc4C)C(=O)C23)cc1. The van der Waals surface area contributed by atoms with Crippen molar-refractivity contribution in [1.29, 1.82) is 0 Å². The minimum atomic E-state index is -1.55. The third-order valence-corrected chi connectivity index (χ3v) is 6.87. The van der Waals surface area contributed by atoms with Crippen LogP contribution in [-0.2, 0) is 14.4 Å². The number of methoxy groups -OCH3 is 1. The zero-order chi connectivity index (χ0) is 23.9. The van der Waals surface area contributed by atoms with Gasteiger partial charge in [0, 0.05) is 6.04 Å². The van der Waals surface area contributed by atoms with Crippen molar-refractivity contribution >= 4 is 29.5 Å². The molecule has 4 rings (SSSR count). The Bertz CT molecular complexity index is 1120. The van der Waals surface area contributed by atoms with Gasteiger partial charge in [0.1, 0.15) is 11.3 Å². The van der Waals surface area contributed by atoms with Gasteiger partial charge in [-0.2, -0.15) is 0 Å². The normalized spacial score (nSPS) is 26.9. The van der Waals surface area contributed by atoms with Crippen molar-refractivity contribution in [3.63, 3.8) is 0 Å². The summed E-state index contributed by atoms with van der Waals surface area (Å²) >= 11 is 0. The van der Waals surface area contributed by atoms with E-state index >= 15 is 0 Å². The van der Waals surface area contributed by atoms with E-state index in [1.54, 1.807) is 39.2 Å². The summed E-state index contributed by atoms with van der Waals surface area (Å²) in [4.78, 5) is 41.0. The summed E-state index contributed by atoms with van der Waals surface area (Å²) in [5, 5.41) is 13.4. The predicted molar refractivity (Wildman–Crippen MR) is 125 cm³/mol. The first-order valence-electron chi connectivity index (χ1n) is 11.0. The molecule has 0 aliphatic carbocycles. The van der Waals surface area contributed by atoms with Crippen molar-refractivity contribution in [3.8, 4) is 5.75 Å². The maximum absolute atomic E-state index is 13.6. The Kier molecular flexibility index (Phi) is 5.84. The van der Waals surface area contributed by atoms with Crippen molar-refractivity contribution in [3.05, 3.63) is 65.7 Å². The molecule has 2 fully saturated rings. The number of aryl methyl sites for hydroxylation is 1. The Labute approximate surface area is 193 Å². The van der Waals surface area contributed by atoms with E-state index in [9.17, 15) is 19.5 Å². The minimum Gasteiger partial charge on any atom is -0.497 e. The molecule has 2 heterocycles. The van der Waals surface area contributed by atoms with Gasteiger partial charge in [-0.25, -0.2) is 4.90 Å². The fourth-order valence-corrected chi connectivity index (χ4v) is 5.10. The number of para-hydroxylation sites is 1. The van der Waals surface area contributed by atoms with Crippen LogP contribution in [0.25, 0.3) is 6.08 Å². The Balaban J connectivity index is 1.77. The Morgan fingerprint density at radius 2 is 1.79 bits per heavy atom. The van der Waals surface area contributed by atoms with E-state index in [0.29, 0.717) is 5.69 Å². The predicted octanol–water partition coefficient (Wildman–Crippen LogP) is 3.27. The number of ether oxygens (including phenoxy) is 1. The summed E-state index contributed by atoms with van der Waals surface area (Å²) in [5.41, 5.74) is 0.605. The molecule has 33 heavy (non-hydrogen) atoms. The zero-order valence-electron chi connectivity index (χ0n) is 19.1. The van der Waals surface area contributed by atoms with E-state index in [-0.39, 0.29) is 5.91 Å². The fraction of sp³-hybridized carbons (Fsp3) is 0.346. The summed E-state index contributed by atoms with van der Waals surface area (Å²) in [5.74, 6) is -3.49. The third kappa shape index (κ3) is 3.53. The highest BCUT2D eigenvalue weighted by Crippen LogP contribution is 2.48. The minimum absolute atomic E-state index is 0.375. The lowest BCUT2D eigenvalue weighted by molar-refractivity contribution is -0.151. The summed E-state index contributed by atoms with van der Waals surface area (Å²) in [6.45, 7) is 5.36. The summed E-state index contributed by atoms with van der Waals surface area (Å²) in [7, 11) is 1.59. The number of aliphatic carboxylic acids is 1. The van der Waals surface area contributed by atoms with Crippen LogP contribution in [0, 0.1) is 24.7 Å². The number of fused-ring (bicyclic) bond motifs is 1.